The fourth-order valence-electron chi connectivity index (χ4n) is 1.18. The van der Waals surface area contributed by atoms with Gasteiger partial charge in [0.1, 0.15) is 0 Å². The van der Waals surface area contributed by atoms with Crippen LogP contribution in [0.15, 0.2) is 0 Å². The van der Waals surface area contributed by atoms with Crippen LogP contribution in [0.4, 0.5) is 0 Å². The first-order valence-electron chi connectivity index (χ1n) is 4.86. The van der Waals surface area contributed by atoms with E-state index in [1.54, 1.807) is 0 Å². The van der Waals surface area contributed by atoms with E-state index in [1.807, 2.05) is 13.8 Å². The van der Waals surface area contributed by atoms with Crippen molar-refractivity contribution >= 4 is 0 Å². The lowest BCUT2D eigenvalue weighted by atomic mass is 10.1. The molecule has 0 aromatic carbocycles. The highest BCUT2D eigenvalue weighted by atomic mass is 16.5. The van der Waals surface area contributed by atoms with Gasteiger partial charge in [0.15, 0.2) is 0 Å². The van der Waals surface area contributed by atoms with Gasteiger partial charge in [0.05, 0.1) is 19.3 Å². The van der Waals surface area contributed by atoms with Gasteiger partial charge in [-0.1, -0.05) is 13.8 Å². The van der Waals surface area contributed by atoms with Crippen molar-refractivity contribution in [1.29, 1.82) is 0 Å². The van der Waals surface area contributed by atoms with Crippen LogP contribution in [0.3, 0.4) is 0 Å². The van der Waals surface area contributed by atoms with E-state index in [9.17, 15) is 0 Å². The second-order valence-electron chi connectivity index (χ2n) is 2.54. The molecule has 1 heterocycles. The van der Waals surface area contributed by atoms with E-state index >= 15 is 0 Å². The monoisotopic (exact) mass is 175 g/mol. The zero-order valence-corrected chi connectivity index (χ0v) is 8.18. The summed E-state index contributed by atoms with van der Waals surface area (Å²) in [5, 5.41) is 11.7. The molecule has 0 amide bonds. The highest BCUT2D eigenvalue weighted by molar-refractivity contribution is 4.67. The molecule has 1 aliphatic heterocycles. The lowest BCUT2D eigenvalue weighted by Gasteiger charge is -2.22. The van der Waals surface area contributed by atoms with Gasteiger partial charge < -0.3 is 15.2 Å². The standard InChI is InChI=1S/C7H15NO2.C2H6/c9-5-6-10-7-1-3-8-4-2-7;1-2/h7-9H,1-6H2;1-2H3. The summed E-state index contributed by atoms with van der Waals surface area (Å²) >= 11 is 0. The van der Waals surface area contributed by atoms with E-state index in [1.165, 1.54) is 0 Å². The van der Waals surface area contributed by atoms with Crippen LogP contribution in [-0.4, -0.2) is 37.5 Å². The smallest absolute Gasteiger partial charge is 0.0701 e. The number of ether oxygens (including phenoxy) is 1. The molecule has 3 nitrogen and oxygen atoms in total. The van der Waals surface area contributed by atoms with E-state index in [0.717, 1.165) is 25.9 Å². The molecule has 0 saturated carbocycles. The molecule has 1 rings (SSSR count). The Labute approximate surface area is 75.1 Å². The SMILES string of the molecule is CC.OCCOC1CCNCC1. The van der Waals surface area contributed by atoms with Crippen LogP contribution in [0.25, 0.3) is 0 Å². The van der Waals surface area contributed by atoms with Crippen molar-refractivity contribution < 1.29 is 9.84 Å². The average molecular weight is 175 g/mol. The van der Waals surface area contributed by atoms with Crippen LogP contribution in [0.5, 0.6) is 0 Å². The summed E-state index contributed by atoms with van der Waals surface area (Å²) in [6, 6.07) is 0. The minimum absolute atomic E-state index is 0.143. The molecule has 1 fully saturated rings. The highest BCUT2D eigenvalue weighted by Gasteiger charge is 2.11. The Kier molecular flexibility index (Phi) is 8.88. The summed E-state index contributed by atoms with van der Waals surface area (Å²) in [6.07, 6.45) is 2.55. The van der Waals surface area contributed by atoms with Crippen LogP contribution in [-0.2, 0) is 4.74 Å². The molecule has 0 spiro atoms. The number of piperidine rings is 1. The molecular formula is C9H21NO2. The molecule has 0 unspecified atom stereocenters. The number of rotatable bonds is 3. The van der Waals surface area contributed by atoms with E-state index in [0.29, 0.717) is 12.7 Å². The largest absolute Gasteiger partial charge is 0.394 e. The summed E-state index contributed by atoms with van der Waals surface area (Å²) in [5.41, 5.74) is 0. The van der Waals surface area contributed by atoms with Crippen LogP contribution in [0.2, 0.25) is 0 Å². The summed E-state index contributed by atoms with van der Waals surface area (Å²) in [7, 11) is 0. The van der Waals surface area contributed by atoms with E-state index in [-0.39, 0.29) is 6.61 Å². The fraction of sp³-hybridized carbons (Fsp3) is 1.00. The van der Waals surface area contributed by atoms with E-state index < -0.39 is 0 Å². The summed E-state index contributed by atoms with van der Waals surface area (Å²) < 4.78 is 5.34. The second-order valence-corrected chi connectivity index (χ2v) is 2.54. The third kappa shape index (κ3) is 5.52. The normalized spacial score (nSPS) is 18.2. The minimum atomic E-state index is 0.143. The summed E-state index contributed by atoms with van der Waals surface area (Å²) in [4.78, 5) is 0. The van der Waals surface area contributed by atoms with Crippen LogP contribution in [0.1, 0.15) is 26.7 Å². The van der Waals surface area contributed by atoms with Gasteiger partial charge in [0.25, 0.3) is 0 Å². The van der Waals surface area contributed by atoms with E-state index in [2.05, 4.69) is 5.32 Å². The Morgan fingerprint density at radius 2 is 1.92 bits per heavy atom. The molecule has 0 aliphatic carbocycles. The zero-order chi connectivity index (χ0) is 9.23. The third-order valence-electron chi connectivity index (χ3n) is 1.73. The third-order valence-corrected chi connectivity index (χ3v) is 1.73. The first-order chi connectivity index (χ1) is 5.93. The maximum Gasteiger partial charge on any atom is 0.0701 e. The number of aliphatic hydroxyl groups excluding tert-OH is 1. The first-order valence-corrected chi connectivity index (χ1v) is 4.86. The predicted molar refractivity (Wildman–Crippen MR) is 50.3 cm³/mol. The zero-order valence-electron chi connectivity index (χ0n) is 8.18. The van der Waals surface area contributed by atoms with Crippen LogP contribution < -0.4 is 5.32 Å². The summed E-state index contributed by atoms with van der Waals surface area (Å²) in [6.45, 7) is 6.74. The highest BCUT2D eigenvalue weighted by Crippen LogP contribution is 2.05. The molecule has 0 aromatic heterocycles. The molecule has 0 aromatic rings. The van der Waals surface area contributed by atoms with Gasteiger partial charge in [-0.3, -0.25) is 0 Å². The molecule has 0 bridgehead atoms. The molecule has 74 valence electrons. The van der Waals surface area contributed by atoms with Crippen molar-refractivity contribution in [2.75, 3.05) is 26.3 Å². The van der Waals surface area contributed by atoms with Gasteiger partial charge in [0, 0.05) is 0 Å². The fourth-order valence-corrected chi connectivity index (χ4v) is 1.18. The van der Waals surface area contributed by atoms with Crippen molar-refractivity contribution in [2.24, 2.45) is 0 Å². The molecular weight excluding hydrogens is 154 g/mol. The first kappa shape index (κ1) is 11.9. The molecule has 2 N–H and O–H groups in total. The van der Waals surface area contributed by atoms with Crippen molar-refractivity contribution in [1.82, 2.24) is 5.32 Å². The Morgan fingerprint density at radius 3 is 2.42 bits per heavy atom. The van der Waals surface area contributed by atoms with Crippen molar-refractivity contribution in [3.05, 3.63) is 0 Å². The van der Waals surface area contributed by atoms with Gasteiger partial charge >= 0.3 is 0 Å². The quantitative estimate of drug-likeness (QED) is 0.666. The summed E-state index contributed by atoms with van der Waals surface area (Å²) in [5.74, 6) is 0. The maximum absolute atomic E-state index is 8.46. The van der Waals surface area contributed by atoms with Gasteiger partial charge in [-0.05, 0) is 25.9 Å². The van der Waals surface area contributed by atoms with Crippen molar-refractivity contribution in [3.63, 3.8) is 0 Å². The molecule has 1 aliphatic rings. The number of hydrogen-bond donors (Lipinski definition) is 2. The molecule has 12 heavy (non-hydrogen) atoms. The molecule has 0 atom stereocenters. The Morgan fingerprint density at radius 1 is 1.33 bits per heavy atom. The Hall–Kier alpha value is -0.120. The number of nitrogens with one attached hydrogen (secondary N) is 1. The minimum Gasteiger partial charge on any atom is -0.394 e. The lowest BCUT2D eigenvalue weighted by Crippen LogP contribution is -2.32. The molecule has 1 saturated heterocycles. The van der Waals surface area contributed by atoms with Crippen molar-refractivity contribution in [2.45, 2.75) is 32.8 Å². The Balaban J connectivity index is 0.000000561. The van der Waals surface area contributed by atoms with Gasteiger partial charge in [0.2, 0.25) is 0 Å². The van der Waals surface area contributed by atoms with Crippen molar-refractivity contribution in [3.8, 4) is 0 Å². The van der Waals surface area contributed by atoms with E-state index in [4.69, 9.17) is 9.84 Å². The second kappa shape index (κ2) is 8.97. The molecule has 3 heteroatoms. The van der Waals surface area contributed by atoms with Crippen LogP contribution in [0, 0.1) is 0 Å². The van der Waals surface area contributed by atoms with Gasteiger partial charge in [-0.15, -0.1) is 0 Å². The Bertz CT molecular complexity index is 82.6. The average Bonchev–Trinajstić information content (AvgIpc) is 2.19. The van der Waals surface area contributed by atoms with Crippen LogP contribution >= 0.6 is 0 Å². The number of hydrogen-bond acceptors (Lipinski definition) is 3. The lowest BCUT2D eigenvalue weighted by molar-refractivity contribution is 0.0126. The number of aliphatic hydroxyl groups is 1. The molecule has 0 radical (unpaired) electrons. The topological polar surface area (TPSA) is 41.5 Å². The van der Waals surface area contributed by atoms with Gasteiger partial charge in [-0.25, -0.2) is 0 Å². The van der Waals surface area contributed by atoms with Gasteiger partial charge in [-0.2, -0.15) is 0 Å². The maximum atomic E-state index is 8.46. The predicted octanol–water partition coefficient (Wildman–Crippen LogP) is 0.773.